The van der Waals surface area contributed by atoms with Crippen LogP contribution in [0.2, 0.25) is 5.02 Å². The molecule has 1 aliphatic rings. The van der Waals surface area contributed by atoms with Crippen molar-refractivity contribution in [1.82, 2.24) is 5.32 Å². The maximum Gasteiger partial charge on any atom is 0.309 e. The van der Waals surface area contributed by atoms with Gasteiger partial charge in [0.25, 0.3) is 5.91 Å². The molecule has 6 heteroatoms. The Hall–Kier alpha value is -1.20. The van der Waals surface area contributed by atoms with Gasteiger partial charge in [-0.2, -0.15) is 0 Å². The summed E-state index contributed by atoms with van der Waals surface area (Å²) in [5.41, 5.74) is 0. The van der Waals surface area contributed by atoms with Crippen molar-refractivity contribution in [3.05, 3.63) is 29.3 Å². The fourth-order valence-corrected chi connectivity index (χ4v) is 3.43. The third-order valence-corrected chi connectivity index (χ3v) is 5.06. The highest BCUT2D eigenvalue weighted by molar-refractivity contribution is 7.99. The van der Waals surface area contributed by atoms with Crippen LogP contribution in [0, 0.1) is 5.92 Å². The lowest BCUT2D eigenvalue weighted by Crippen LogP contribution is -2.32. The van der Waals surface area contributed by atoms with E-state index in [0.29, 0.717) is 11.6 Å². The molecule has 0 radical (unpaired) electrons. The van der Waals surface area contributed by atoms with Crippen molar-refractivity contribution in [1.29, 1.82) is 0 Å². The molecule has 0 saturated heterocycles. The second kappa shape index (κ2) is 9.83. The number of ether oxygens (including phenoxy) is 1. The van der Waals surface area contributed by atoms with Gasteiger partial charge in [0, 0.05) is 22.2 Å². The zero-order valence-corrected chi connectivity index (χ0v) is 14.6. The lowest BCUT2D eigenvalue weighted by Gasteiger charge is -2.19. The lowest BCUT2D eigenvalue weighted by molar-refractivity contribution is -0.153. The van der Waals surface area contributed by atoms with Crippen molar-refractivity contribution in [2.45, 2.75) is 37.0 Å². The van der Waals surface area contributed by atoms with Gasteiger partial charge in [0.2, 0.25) is 0 Å². The first-order valence-corrected chi connectivity index (χ1v) is 9.33. The Morgan fingerprint density at radius 1 is 1.17 bits per heavy atom. The average molecular weight is 356 g/mol. The first-order chi connectivity index (χ1) is 11.1. The first-order valence-electron chi connectivity index (χ1n) is 7.97. The highest BCUT2D eigenvalue weighted by Gasteiger charge is 2.22. The van der Waals surface area contributed by atoms with E-state index in [-0.39, 0.29) is 24.4 Å². The minimum atomic E-state index is -0.245. The molecule has 0 atom stereocenters. The van der Waals surface area contributed by atoms with E-state index >= 15 is 0 Å². The van der Waals surface area contributed by atoms with Crippen LogP contribution in [0.25, 0.3) is 0 Å². The maximum atomic E-state index is 11.8. The molecule has 126 valence electrons. The SMILES string of the molecule is O=C(COC(=O)C1CCCCC1)NCCSc1ccc(Cl)cc1. The monoisotopic (exact) mass is 355 g/mol. The summed E-state index contributed by atoms with van der Waals surface area (Å²) < 4.78 is 5.10. The molecule has 2 rings (SSSR count). The fourth-order valence-electron chi connectivity index (χ4n) is 2.53. The van der Waals surface area contributed by atoms with Crippen LogP contribution in [-0.4, -0.2) is 30.8 Å². The summed E-state index contributed by atoms with van der Waals surface area (Å²) in [6.07, 6.45) is 5.12. The molecule has 0 heterocycles. The highest BCUT2D eigenvalue weighted by atomic mass is 35.5. The van der Waals surface area contributed by atoms with Gasteiger partial charge in [0.1, 0.15) is 0 Å². The predicted octanol–water partition coefficient (Wildman–Crippen LogP) is 3.67. The molecule has 1 amide bonds. The van der Waals surface area contributed by atoms with E-state index in [0.717, 1.165) is 36.3 Å². The van der Waals surface area contributed by atoms with Crippen LogP contribution in [-0.2, 0) is 14.3 Å². The quantitative estimate of drug-likeness (QED) is 0.460. The van der Waals surface area contributed by atoms with Gasteiger partial charge >= 0.3 is 5.97 Å². The second-order valence-electron chi connectivity index (χ2n) is 5.59. The van der Waals surface area contributed by atoms with Crippen LogP contribution in [0.5, 0.6) is 0 Å². The van der Waals surface area contributed by atoms with Crippen molar-refractivity contribution >= 4 is 35.2 Å². The van der Waals surface area contributed by atoms with Gasteiger partial charge in [-0.05, 0) is 37.1 Å². The smallest absolute Gasteiger partial charge is 0.309 e. The molecule has 0 aliphatic heterocycles. The average Bonchev–Trinajstić information content (AvgIpc) is 2.59. The second-order valence-corrected chi connectivity index (χ2v) is 7.20. The van der Waals surface area contributed by atoms with Gasteiger partial charge in [-0.3, -0.25) is 9.59 Å². The molecule has 1 fully saturated rings. The van der Waals surface area contributed by atoms with Gasteiger partial charge < -0.3 is 10.1 Å². The topological polar surface area (TPSA) is 55.4 Å². The van der Waals surface area contributed by atoms with E-state index < -0.39 is 0 Å². The molecule has 1 N–H and O–H groups in total. The Bertz CT molecular complexity index is 515. The van der Waals surface area contributed by atoms with E-state index in [4.69, 9.17) is 16.3 Å². The van der Waals surface area contributed by atoms with E-state index in [2.05, 4.69) is 5.32 Å². The van der Waals surface area contributed by atoms with Gasteiger partial charge in [0.15, 0.2) is 6.61 Å². The molecule has 1 aromatic rings. The van der Waals surface area contributed by atoms with Gasteiger partial charge in [-0.1, -0.05) is 30.9 Å². The Morgan fingerprint density at radius 3 is 2.57 bits per heavy atom. The largest absolute Gasteiger partial charge is 0.455 e. The van der Waals surface area contributed by atoms with E-state index in [1.165, 1.54) is 6.42 Å². The zero-order valence-electron chi connectivity index (χ0n) is 13.1. The van der Waals surface area contributed by atoms with Crippen LogP contribution >= 0.6 is 23.4 Å². The van der Waals surface area contributed by atoms with E-state index in [1.54, 1.807) is 11.8 Å². The third kappa shape index (κ3) is 6.83. The summed E-state index contributed by atoms with van der Waals surface area (Å²) in [5.74, 6) is 0.266. The number of carbonyl (C=O) groups is 2. The van der Waals surface area contributed by atoms with Crippen molar-refractivity contribution in [2.75, 3.05) is 18.9 Å². The standard InChI is InChI=1S/C17H22ClNO3S/c18-14-6-8-15(9-7-14)23-11-10-19-16(20)12-22-17(21)13-4-2-1-3-5-13/h6-9,13H,1-5,10-12H2,(H,19,20). The highest BCUT2D eigenvalue weighted by Crippen LogP contribution is 2.24. The van der Waals surface area contributed by atoms with Crippen molar-refractivity contribution < 1.29 is 14.3 Å². The number of benzene rings is 1. The predicted molar refractivity (Wildman–Crippen MR) is 92.7 cm³/mol. The normalized spacial score (nSPS) is 15.2. The van der Waals surface area contributed by atoms with E-state index in [1.807, 2.05) is 24.3 Å². The van der Waals surface area contributed by atoms with Crippen molar-refractivity contribution in [2.24, 2.45) is 5.92 Å². The number of rotatable bonds is 7. The molecular weight excluding hydrogens is 334 g/mol. The Morgan fingerprint density at radius 2 is 1.87 bits per heavy atom. The molecule has 1 aromatic carbocycles. The number of hydrogen-bond acceptors (Lipinski definition) is 4. The maximum absolute atomic E-state index is 11.8. The van der Waals surface area contributed by atoms with Gasteiger partial charge in [-0.15, -0.1) is 11.8 Å². The summed E-state index contributed by atoms with van der Waals surface area (Å²) in [5, 5.41) is 3.47. The molecule has 23 heavy (non-hydrogen) atoms. The molecule has 4 nitrogen and oxygen atoms in total. The molecule has 0 bridgehead atoms. The number of carbonyl (C=O) groups excluding carboxylic acids is 2. The third-order valence-electron chi connectivity index (χ3n) is 3.79. The molecule has 0 spiro atoms. The summed E-state index contributed by atoms with van der Waals surface area (Å²) in [4.78, 5) is 24.6. The van der Waals surface area contributed by atoms with Crippen LogP contribution in [0.1, 0.15) is 32.1 Å². The van der Waals surface area contributed by atoms with Crippen LogP contribution in [0.15, 0.2) is 29.2 Å². The summed E-state index contributed by atoms with van der Waals surface area (Å²) >= 11 is 7.46. The number of nitrogens with one attached hydrogen (secondary N) is 1. The summed E-state index contributed by atoms with van der Waals surface area (Å²) in [7, 11) is 0. The summed E-state index contributed by atoms with van der Waals surface area (Å²) in [6.45, 7) is 0.355. The van der Waals surface area contributed by atoms with Crippen LogP contribution < -0.4 is 5.32 Å². The molecular formula is C17H22ClNO3S. The van der Waals surface area contributed by atoms with Crippen LogP contribution in [0.4, 0.5) is 0 Å². The number of thioether (sulfide) groups is 1. The lowest BCUT2D eigenvalue weighted by atomic mass is 9.89. The Balaban J connectivity index is 1.56. The molecule has 1 saturated carbocycles. The van der Waals surface area contributed by atoms with Gasteiger partial charge in [0.05, 0.1) is 5.92 Å². The molecule has 0 aromatic heterocycles. The van der Waals surface area contributed by atoms with Crippen molar-refractivity contribution in [3.63, 3.8) is 0 Å². The molecule has 1 aliphatic carbocycles. The first kappa shape index (κ1) is 18.1. The zero-order chi connectivity index (χ0) is 16.5. The number of amides is 1. The fraction of sp³-hybridized carbons (Fsp3) is 0.529. The minimum Gasteiger partial charge on any atom is -0.455 e. The molecule has 0 unspecified atom stereocenters. The Labute approximate surface area is 146 Å². The number of hydrogen-bond donors (Lipinski definition) is 1. The van der Waals surface area contributed by atoms with Crippen LogP contribution in [0.3, 0.4) is 0 Å². The van der Waals surface area contributed by atoms with Gasteiger partial charge in [-0.25, -0.2) is 0 Å². The van der Waals surface area contributed by atoms with Crippen molar-refractivity contribution in [3.8, 4) is 0 Å². The Kier molecular flexibility index (Phi) is 7.76. The minimum absolute atomic E-state index is 0.0167. The number of halogens is 1. The number of esters is 1. The van der Waals surface area contributed by atoms with E-state index in [9.17, 15) is 9.59 Å². The summed E-state index contributed by atoms with van der Waals surface area (Å²) in [6, 6.07) is 7.57.